The van der Waals surface area contributed by atoms with Crippen molar-refractivity contribution >= 4 is 16.8 Å². The van der Waals surface area contributed by atoms with E-state index in [0.29, 0.717) is 11.8 Å². The molecule has 4 nitrogen and oxygen atoms in total. The number of rotatable bonds is 2. The Morgan fingerprint density at radius 2 is 2.00 bits per heavy atom. The number of aromatic nitrogens is 1. The van der Waals surface area contributed by atoms with Crippen LogP contribution in [0.2, 0.25) is 0 Å². The number of benzene rings is 1. The van der Waals surface area contributed by atoms with Gasteiger partial charge in [0.1, 0.15) is 0 Å². The Morgan fingerprint density at radius 1 is 1.20 bits per heavy atom. The first-order valence-electron chi connectivity index (χ1n) is 9.55. The van der Waals surface area contributed by atoms with Crippen molar-refractivity contribution in [3.63, 3.8) is 0 Å². The molecule has 4 rings (SSSR count). The predicted octanol–water partition coefficient (Wildman–Crippen LogP) is 3.24. The second-order valence-corrected chi connectivity index (χ2v) is 8.20. The van der Waals surface area contributed by atoms with Crippen molar-refractivity contribution < 1.29 is 4.79 Å². The minimum Gasteiger partial charge on any atom is -0.358 e. The smallest absolute Gasteiger partial charge is 0.227 e. The molecule has 1 aromatic heterocycles. The van der Waals surface area contributed by atoms with Crippen molar-refractivity contribution in [2.24, 2.45) is 5.41 Å². The van der Waals surface area contributed by atoms with E-state index in [1.54, 1.807) is 0 Å². The van der Waals surface area contributed by atoms with E-state index < -0.39 is 0 Å². The van der Waals surface area contributed by atoms with E-state index in [1.165, 1.54) is 40.4 Å². The summed E-state index contributed by atoms with van der Waals surface area (Å²) in [7, 11) is 0. The molecule has 1 aromatic carbocycles. The average molecular weight is 339 g/mol. The molecule has 0 unspecified atom stereocenters. The third-order valence-corrected chi connectivity index (χ3v) is 6.36. The third-order valence-electron chi connectivity index (χ3n) is 6.36. The Kier molecular flexibility index (Phi) is 4.11. The minimum absolute atomic E-state index is 0.288. The van der Waals surface area contributed by atoms with Crippen LogP contribution in [0.3, 0.4) is 0 Å². The number of piperidine rings is 1. The number of carbonyl (C=O) groups excluding carboxylic acids is 1. The van der Waals surface area contributed by atoms with Gasteiger partial charge in [-0.05, 0) is 63.3 Å². The Morgan fingerprint density at radius 3 is 2.76 bits per heavy atom. The minimum atomic E-state index is 0.288. The van der Waals surface area contributed by atoms with Crippen LogP contribution in [0.1, 0.15) is 41.6 Å². The maximum Gasteiger partial charge on any atom is 0.227 e. The molecule has 0 bridgehead atoms. The number of hydrogen-bond acceptors (Lipinski definition) is 2. The van der Waals surface area contributed by atoms with Crippen LogP contribution in [0.25, 0.3) is 10.9 Å². The van der Waals surface area contributed by atoms with Gasteiger partial charge in [-0.15, -0.1) is 0 Å². The van der Waals surface area contributed by atoms with Gasteiger partial charge in [-0.25, -0.2) is 0 Å². The highest BCUT2D eigenvalue weighted by atomic mass is 16.2. The van der Waals surface area contributed by atoms with E-state index in [0.717, 1.165) is 38.3 Å². The summed E-state index contributed by atoms with van der Waals surface area (Å²) in [5.41, 5.74) is 6.34. The highest BCUT2D eigenvalue weighted by Crippen LogP contribution is 2.36. The molecular weight excluding hydrogens is 310 g/mol. The molecular formula is C21H29N3O. The second kappa shape index (κ2) is 6.17. The number of hydrogen-bond donors (Lipinski definition) is 2. The fraction of sp³-hybridized carbons (Fsp3) is 0.571. The van der Waals surface area contributed by atoms with E-state index >= 15 is 0 Å². The van der Waals surface area contributed by atoms with Gasteiger partial charge >= 0.3 is 0 Å². The van der Waals surface area contributed by atoms with Gasteiger partial charge in [-0.2, -0.15) is 0 Å². The Hall–Kier alpha value is -1.81. The number of likely N-dealkylation sites (tertiary alicyclic amines) is 1. The largest absolute Gasteiger partial charge is 0.358 e. The van der Waals surface area contributed by atoms with Crippen LogP contribution >= 0.6 is 0 Å². The van der Waals surface area contributed by atoms with Gasteiger partial charge in [0.05, 0.1) is 6.42 Å². The fourth-order valence-electron chi connectivity index (χ4n) is 4.86. The Bertz CT molecular complexity index is 814. The second-order valence-electron chi connectivity index (χ2n) is 8.20. The summed E-state index contributed by atoms with van der Waals surface area (Å²) in [6.07, 6.45) is 4.12. The Labute approximate surface area is 150 Å². The summed E-state index contributed by atoms with van der Waals surface area (Å²) in [6.45, 7) is 10.4. The summed E-state index contributed by atoms with van der Waals surface area (Å²) in [5, 5.41) is 4.74. The van der Waals surface area contributed by atoms with Crippen LogP contribution in [0.15, 0.2) is 12.1 Å². The predicted molar refractivity (Wildman–Crippen MR) is 102 cm³/mol. The lowest BCUT2D eigenvalue weighted by Gasteiger charge is -2.40. The van der Waals surface area contributed by atoms with E-state index in [2.05, 4.69) is 48.1 Å². The molecule has 0 radical (unpaired) electrons. The maximum atomic E-state index is 13.1. The molecule has 0 saturated carbocycles. The van der Waals surface area contributed by atoms with Crippen LogP contribution in [0.4, 0.5) is 0 Å². The van der Waals surface area contributed by atoms with Crippen LogP contribution in [-0.4, -0.2) is 42.0 Å². The molecule has 134 valence electrons. The number of H-pyrrole nitrogens is 1. The zero-order chi connectivity index (χ0) is 17.6. The topological polar surface area (TPSA) is 48.1 Å². The van der Waals surface area contributed by atoms with Crippen molar-refractivity contribution in [1.82, 2.24) is 15.2 Å². The average Bonchev–Trinajstić information content (AvgIpc) is 3.17. The van der Waals surface area contributed by atoms with Crippen LogP contribution in [0.5, 0.6) is 0 Å². The summed E-state index contributed by atoms with van der Waals surface area (Å²) < 4.78 is 0. The molecule has 2 aliphatic heterocycles. The first-order chi connectivity index (χ1) is 12.0. The molecule has 1 atom stereocenters. The van der Waals surface area contributed by atoms with Gasteiger partial charge in [0.15, 0.2) is 0 Å². The maximum absolute atomic E-state index is 13.1. The molecule has 2 saturated heterocycles. The standard InChI is InChI=1S/C21H29N3O/c1-14-5-6-15(2)20-19(14)17(16(3)23-20)11-18(25)24-10-4-7-21(13-24)8-9-22-12-21/h5-6,22-23H,4,7-13H2,1-3H3/t21-/m0/s1. The van der Waals surface area contributed by atoms with Gasteiger partial charge in [0, 0.05) is 41.6 Å². The quantitative estimate of drug-likeness (QED) is 0.882. The number of nitrogens with zero attached hydrogens (tertiary/aromatic N) is 1. The highest BCUT2D eigenvalue weighted by molar-refractivity contribution is 5.93. The number of nitrogens with one attached hydrogen (secondary N) is 2. The fourth-order valence-corrected chi connectivity index (χ4v) is 4.86. The first kappa shape index (κ1) is 16.6. The first-order valence-corrected chi connectivity index (χ1v) is 9.55. The van der Waals surface area contributed by atoms with E-state index in [-0.39, 0.29) is 5.91 Å². The monoisotopic (exact) mass is 339 g/mol. The van der Waals surface area contributed by atoms with Crippen molar-refractivity contribution in [3.8, 4) is 0 Å². The third kappa shape index (κ3) is 2.86. The molecule has 2 aliphatic rings. The molecule has 2 N–H and O–H groups in total. The van der Waals surface area contributed by atoms with Crippen molar-refractivity contribution in [2.45, 2.75) is 46.5 Å². The van der Waals surface area contributed by atoms with E-state index in [9.17, 15) is 4.79 Å². The summed E-state index contributed by atoms with van der Waals surface area (Å²) in [5.74, 6) is 0.288. The van der Waals surface area contributed by atoms with Gasteiger partial charge in [0.2, 0.25) is 5.91 Å². The molecule has 1 amide bonds. The SMILES string of the molecule is Cc1[nH]c2c(C)ccc(C)c2c1CC(=O)N1CCC[C@@]2(CCNC2)C1. The number of fused-ring (bicyclic) bond motifs is 1. The number of amides is 1. The normalized spacial score (nSPS) is 23.7. The summed E-state index contributed by atoms with van der Waals surface area (Å²) in [6, 6.07) is 4.32. The molecule has 3 heterocycles. The molecule has 25 heavy (non-hydrogen) atoms. The van der Waals surface area contributed by atoms with E-state index in [4.69, 9.17) is 0 Å². The van der Waals surface area contributed by atoms with Crippen molar-refractivity contribution in [2.75, 3.05) is 26.2 Å². The zero-order valence-corrected chi connectivity index (χ0v) is 15.7. The summed E-state index contributed by atoms with van der Waals surface area (Å²) >= 11 is 0. The van der Waals surface area contributed by atoms with E-state index in [1.807, 2.05) is 0 Å². The number of aryl methyl sites for hydroxylation is 3. The van der Waals surface area contributed by atoms with Crippen molar-refractivity contribution in [3.05, 3.63) is 34.5 Å². The van der Waals surface area contributed by atoms with Gasteiger partial charge in [-0.3, -0.25) is 4.79 Å². The highest BCUT2D eigenvalue weighted by Gasteiger charge is 2.39. The van der Waals surface area contributed by atoms with Gasteiger partial charge in [0.25, 0.3) is 0 Å². The van der Waals surface area contributed by atoms with Crippen LogP contribution in [0, 0.1) is 26.2 Å². The number of aromatic amines is 1. The Balaban J connectivity index is 1.60. The van der Waals surface area contributed by atoms with Crippen LogP contribution < -0.4 is 5.32 Å². The van der Waals surface area contributed by atoms with Crippen molar-refractivity contribution in [1.29, 1.82) is 0 Å². The lowest BCUT2D eigenvalue weighted by atomic mass is 9.79. The zero-order valence-electron chi connectivity index (χ0n) is 15.7. The van der Waals surface area contributed by atoms with Gasteiger partial charge < -0.3 is 15.2 Å². The molecule has 0 aliphatic carbocycles. The van der Waals surface area contributed by atoms with Gasteiger partial charge in [-0.1, -0.05) is 12.1 Å². The molecule has 1 spiro atoms. The summed E-state index contributed by atoms with van der Waals surface area (Å²) in [4.78, 5) is 18.7. The lowest BCUT2D eigenvalue weighted by molar-refractivity contribution is -0.133. The molecule has 4 heteroatoms. The van der Waals surface area contributed by atoms with Crippen LogP contribution in [-0.2, 0) is 11.2 Å². The number of carbonyl (C=O) groups is 1. The lowest BCUT2D eigenvalue weighted by Crippen LogP contribution is -2.47. The molecule has 2 aromatic rings. The molecule has 2 fully saturated rings.